The molecule has 0 unspecified atom stereocenters. The van der Waals surface area contributed by atoms with Gasteiger partial charge < -0.3 is 9.80 Å². The van der Waals surface area contributed by atoms with E-state index in [-0.39, 0.29) is 5.78 Å². The molecule has 0 bridgehead atoms. The maximum atomic E-state index is 12.5. The normalized spacial score (nSPS) is 11.2. The van der Waals surface area contributed by atoms with Gasteiger partial charge in [-0.3, -0.25) is 9.78 Å². The molecule has 29 heavy (non-hydrogen) atoms. The lowest BCUT2D eigenvalue weighted by atomic mass is 10.0. The fraction of sp³-hybridized carbons (Fsp3) is 0.200. The van der Waals surface area contributed by atoms with Crippen molar-refractivity contribution in [3.63, 3.8) is 0 Å². The van der Waals surface area contributed by atoms with E-state index in [1.165, 1.54) is 5.69 Å². The van der Waals surface area contributed by atoms with Gasteiger partial charge in [-0.25, -0.2) is 0 Å². The SMILES string of the molecule is CN(C)CCN(C)c1ccc(/C=C/C(=O)c2ccc(-c3ccccn3)cc2)cc1. The molecule has 3 aromatic rings. The Bertz CT molecular complexity index is 946. The Morgan fingerprint density at radius 2 is 1.62 bits per heavy atom. The van der Waals surface area contributed by atoms with Gasteiger partial charge in [0.1, 0.15) is 0 Å². The van der Waals surface area contributed by atoms with Crippen LogP contribution in [0.2, 0.25) is 0 Å². The van der Waals surface area contributed by atoms with Crippen molar-refractivity contribution in [2.45, 2.75) is 0 Å². The summed E-state index contributed by atoms with van der Waals surface area (Å²) >= 11 is 0. The van der Waals surface area contributed by atoms with Crippen LogP contribution in [-0.2, 0) is 0 Å². The van der Waals surface area contributed by atoms with Crippen LogP contribution in [0.1, 0.15) is 15.9 Å². The molecule has 0 N–H and O–H groups in total. The minimum Gasteiger partial charge on any atom is -0.373 e. The number of aromatic nitrogens is 1. The molecule has 148 valence electrons. The summed E-state index contributed by atoms with van der Waals surface area (Å²) in [7, 11) is 6.24. The van der Waals surface area contributed by atoms with Gasteiger partial charge in [-0.2, -0.15) is 0 Å². The van der Waals surface area contributed by atoms with E-state index in [2.05, 4.69) is 48.1 Å². The molecule has 0 aliphatic carbocycles. The number of benzene rings is 2. The number of hydrogen-bond acceptors (Lipinski definition) is 4. The van der Waals surface area contributed by atoms with Crippen molar-refractivity contribution < 1.29 is 4.79 Å². The number of pyridine rings is 1. The second-order valence-electron chi connectivity index (χ2n) is 7.31. The third kappa shape index (κ3) is 5.87. The molecule has 4 nitrogen and oxygen atoms in total. The first-order valence-corrected chi connectivity index (χ1v) is 9.73. The quantitative estimate of drug-likeness (QED) is 0.418. The zero-order valence-corrected chi connectivity index (χ0v) is 17.2. The van der Waals surface area contributed by atoms with Gasteiger partial charge in [0.25, 0.3) is 0 Å². The Kier molecular flexibility index (Phi) is 6.93. The molecule has 3 rings (SSSR count). The van der Waals surface area contributed by atoms with Crippen LogP contribution < -0.4 is 4.90 Å². The molecule has 0 fully saturated rings. The first-order valence-electron chi connectivity index (χ1n) is 9.73. The number of likely N-dealkylation sites (N-methyl/N-ethyl adjacent to an activating group) is 2. The van der Waals surface area contributed by atoms with E-state index in [1.54, 1.807) is 12.3 Å². The highest BCUT2D eigenvalue weighted by Gasteiger charge is 2.04. The second-order valence-corrected chi connectivity index (χ2v) is 7.31. The van der Waals surface area contributed by atoms with Crippen LogP contribution in [-0.4, -0.2) is 49.9 Å². The van der Waals surface area contributed by atoms with Gasteiger partial charge in [-0.1, -0.05) is 48.5 Å². The summed E-state index contributed by atoms with van der Waals surface area (Å²) in [6, 6.07) is 21.6. The number of anilines is 1. The number of carbonyl (C=O) groups is 1. The summed E-state index contributed by atoms with van der Waals surface area (Å²) in [5.41, 5.74) is 4.74. The Hall–Kier alpha value is -3.24. The number of hydrogen-bond donors (Lipinski definition) is 0. The summed E-state index contributed by atoms with van der Waals surface area (Å²) in [5, 5.41) is 0. The van der Waals surface area contributed by atoms with Crippen molar-refractivity contribution in [3.05, 3.63) is 90.1 Å². The summed E-state index contributed by atoms with van der Waals surface area (Å²) in [5.74, 6) is -0.00949. The van der Waals surface area contributed by atoms with Crippen LogP contribution >= 0.6 is 0 Å². The van der Waals surface area contributed by atoms with Gasteiger partial charge in [0.2, 0.25) is 0 Å². The standard InChI is InChI=1S/C25H27N3O/c1-27(2)18-19-28(3)23-14-7-20(8-15-23)9-16-25(29)22-12-10-21(11-13-22)24-6-4-5-17-26-24/h4-17H,18-19H2,1-3H3/b16-9+. The highest BCUT2D eigenvalue weighted by atomic mass is 16.1. The van der Waals surface area contributed by atoms with Gasteiger partial charge in [-0.15, -0.1) is 0 Å². The number of nitrogens with zero attached hydrogens (tertiary/aromatic N) is 3. The molecule has 1 aromatic heterocycles. The van der Waals surface area contributed by atoms with Crippen molar-refractivity contribution in [1.29, 1.82) is 0 Å². The van der Waals surface area contributed by atoms with Crippen molar-refractivity contribution in [1.82, 2.24) is 9.88 Å². The lowest BCUT2D eigenvalue weighted by Gasteiger charge is -2.21. The molecule has 0 radical (unpaired) electrons. The van der Waals surface area contributed by atoms with Crippen molar-refractivity contribution in [3.8, 4) is 11.3 Å². The molecule has 0 atom stereocenters. The molecular formula is C25H27N3O. The minimum atomic E-state index is -0.00949. The summed E-state index contributed by atoms with van der Waals surface area (Å²) in [6.07, 6.45) is 5.25. The van der Waals surface area contributed by atoms with Crippen molar-refractivity contribution >= 4 is 17.5 Å². The molecule has 4 heteroatoms. The molecule has 0 spiro atoms. The van der Waals surface area contributed by atoms with Crippen LogP contribution in [0.3, 0.4) is 0 Å². The minimum absolute atomic E-state index is 0.00949. The van der Waals surface area contributed by atoms with Gasteiger partial charge in [0, 0.05) is 43.1 Å². The highest BCUT2D eigenvalue weighted by molar-refractivity contribution is 6.07. The lowest BCUT2D eigenvalue weighted by molar-refractivity contribution is 0.104. The Balaban J connectivity index is 1.61. The van der Waals surface area contributed by atoms with E-state index in [1.807, 2.05) is 60.7 Å². The van der Waals surface area contributed by atoms with Crippen LogP contribution in [0, 0.1) is 0 Å². The number of ketones is 1. The molecule has 0 aliphatic heterocycles. The monoisotopic (exact) mass is 385 g/mol. The van der Waals surface area contributed by atoms with E-state index in [9.17, 15) is 4.79 Å². The maximum absolute atomic E-state index is 12.5. The van der Waals surface area contributed by atoms with Crippen LogP contribution in [0.15, 0.2) is 79.0 Å². The topological polar surface area (TPSA) is 36.4 Å². The molecule has 0 saturated heterocycles. The summed E-state index contributed by atoms with van der Waals surface area (Å²) in [6.45, 7) is 1.97. The van der Waals surface area contributed by atoms with E-state index < -0.39 is 0 Å². The smallest absolute Gasteiger partial charge is 0.185 e. The van der Waals surface area contributed by atoms with E-state index in [0.717, 1.165) is 29.9 Å². The zero-order valence-electron chi connectivity index (χ0n) is 17.2. The van der Waals surface area contributed by atoms with Crippen LogP contribution in [0.5, 0.6) is 0 Å². The first-order chi connectivity index (χ1) is 14.0. The Labute approximate surface area is 173 Å². The lowest BCUT2D eigenvalue weighted by Crippen LogP contribution is -2.28. The molecule has 1 heterocycles. The van der Waals surface area contributed by atoms with Gasteiger partial charge >= 0.3 is 0 Å². The second kappa shape index (κ2) is 9.80. The number of allylic oxidation sites excluding steroid dienone is 1. The van der Waals surface area contributed by atoms with E-state index in [0.29, 0.717) is 5.56 Å². The largest absolute Gasteiger partial charge is 0.373 e. The predicted octanol–water partition coefficient (Wildman–Crippen LogP) is 4.64. The molecule has 0 aliphatic rings. The summed E-state index contributed by atoms with van der Waals surface area (Å²) < 4.78 is 0. The van der Waals surface area contributed by atoms with Gasteiger partial charge in [-0.05, 0) is 50.0 Å². The maximum Gasteiger partial charge on any atom is 0.185 e. The molecule has 0 amide bonds. The number of carbonyl (C=O) groups excluding carboxylic acids is 1. The van der Waals surface area contributed by atoms with Crippen molar-refractivity contribution in [2.24, 2.45) is 0 Å². The molecule has 2 aromatic carbocycles. The zero-order chi connectivity index (χ0) is 20.6. The third-order valence-electron chi connectivity index (χ3n) is 4.77. The molecular weight excluding hydrogens is 358 g/mol. The number of rotatable bonds is 8. The van der Waals surface area contributed by atoms with E-state index >= 15 is 0 Å². The van der Waals surface area contributed by atoms with Gasteiger partial charge in [0.05, 0.1) is 5.69 Å². The predicted molar refractivity (Wildman–Crippen MR) is 121 cm³/mol. The van der Waals surface area contributed by atoms with Crippen LogP contribution in [0.25, 0.3) is 17.3 Å². The first kappa shape index (κ1) is 20.5. The van der Waals surface area contributed by atoms with E-state index in [4.69, 9.17) is 0 Å². The fourth-order valence-corrected chi connectivity index (χ4v) is 2.93. The van der Waals surface area contributed by atoms with Gasteiger partial charge in [0.15, 0.2) is 5.78 Å². The van der Waals surface area contributed by atoms with Crippen LogP contribution in [0.4, 0.5) is 5.69 Å². The van der Waals surface area contributed by atoms with Crippen molar-refractivity contribution in [2.75, 3.05) is 39.1 Å². The highest BCUT2D eigenvalue weighted by Crippen LogP contribution is 2.18. The molecule has 0 saturated carbocycles. The fourth-order valence-electron chi connectivity index (χ4n) is 2.93. The average molecular weight is 386 g/mol. The Morgan fingerprint density at radius 3 is 2.24 bits per heavy atom. The summed E-state index contributed by atoms with van der Waals surface area (Å²) in [4.78, 5) is 21.2. The average Bonchev–Trinajstić information content (AvgIpc) is 2.77. The third-order valence-corrected chi connectivity index (χ3v) is 4.77. The Morgan fingerprint density at radius 1 is 0.897 bits per heavy atom.